The number of aryl methyl sites for hydroxylation is 1. The number of aromatic nitrogens is 5. The first-order valence-corrected chi connectivity index (χ1v) is 10.0. The number of rotatable bonds is 4. The zero-order valence-corrected chi connectivity index (χ0v) is 16.6. The van der Waals surface area contributed by atoms with Gasteiger partial charge in [-0.1, -0.05) is 17.3 Å². The Labute approximate surface area is 172 Å². The molecule has 2 aromatic heterocycles. The number of carboxylic acids is 1. The number of nitrogens with zero attached hydrogens (tertiary/aromatic N) is 6. The Balaban J connectivity index is 1.25. The van der Waals surface area contributed by atoms with Crippen LogP contribution in [0.4, 0.5) is 5.82 Å². The summed E-state index contributed by atoms with van der Waals surface area (Å²) in [5.41, 5.74) is 2.50. The van der Waals surface area contributed by atoms with Crippen molar-refractivity contribution in [3.05, 3.63) is 35.4 Å². The van der Waals surface area contributed by atoms with Crippen LogP contribution >= 0.6 is 0 Å². The van der Waals surface area contributed by atoms with Crippen LogP contribution in [0.5, 0.6) is 5.75 Å². The van der Waals surface area contributed by atoms with Crippen molar-refractivity contribution in [2.24, 2.45) is 0 Å². The molecule has 1 aromatic carbocycles. The average molecular weight is 410 g/mol. The Morgan fingerprint density at radius 2 is 2.10 bits per heavy atom. The van der Waals surface area contributed by atoms with Crippen LogP contribution < -0.4 is 9.64 Å². The number of carbonyl (C=O) groups is 1. The molecule has 2 aliphatic rings. The largest absolute Gasteiger partial charge is 0.487 e. The summed E-state index contributed by atoms with van der Waals surface area (Å²) in [7, 11) is 0. The van der Waals surface area contributed by atoms with E-state index in [0.29, 0.717) is 11.6 Å². The van der Waals surface area contributed by atoms with Crippen LogP contribution in [0.1, 0.15) is 30.4 Å². The van der Waals surface area contributed by atoms with E-state index >= 15 is 0 Å². The highest BCUT2D eigenvalue weighted by atomic mass is 16.5. The van der Waals surface area contributed by atoms with Gasteiger partial charge in [-0.25, -0.2) is 0 Å². The van der Waals surface area contributed by atoms with Gasteiger partial charge in [0.1, 0.15) is 11.4 Å². The van der Waals surface area contributed by atoms with Gasteiger partial charge in [0.2, 0.25) is 11.6 Å². The second-order valence-electron chi connectivity index (χ2n) is 7.91. The van der Waals surface area contributed by atoms with Gasteiger partial charge in [0, 0.05) is 32.0 Å². The molecule has 1 fully saturated rings. The third kappa shape index (κ3) is 3.38. The van der Waals surface area contributed by atoms with Gasteiger partial charge in [0.05, 0.1) is 0 Å². The summed E-state index contributed by atoms with van der Waals surface area (Å²) in [6.45, 7) is 3.41. The molecule has 2 aliphatic heterocycles. The first kappa shape index (κ1) is 18.6. The Bertz CT molecular complexity index is 1080. The minimum atomic E-state index is -1.04. The van der Waals surface area contributed by atoms with E-state index in [1.165, 1.54) is 11.1 Å². The van der Waals surface area contributed by atoms with E-state index in [4.69, 9.17) is 14.4 Å². The second-order valence-corrected chi connectivity index (χ2v) is 7.91. The lowest BCUT2D eigenvalue weighted by atomic mass is 9.82. The molecule has 10 nitrogen and oxygen atoms in total. The van der Waals surface area contributed by atoms with Crippen molar-refractivity contribution in [1.29, 1.82) is 0 Å². The highest BCUT2D eigenvalue weighted by Gasteiger charge is 2.40. The fourth-order valence-electron chi connectivity index (χ4n) is 4.27. The van der Waals surface area contributed by atoms with E-state index in [1.807, 2.05) is 0 Å². The number of anilines is 1. The quantitative estimate of drug-likeness (QED) is 0.689. The van der Waals surface area contributed by atoms with Gasteiger partial charge in [-0.05, 0) is 42.2 Å². The molecule has 5 rings (SSSR count). The lowest BCUT2D eigenvalue weighted by Crippen LogP contribution is -2.50. The molecule has 0 amide bonds. The number of carboxylic acid groups (broad SMARTS) is 1. The minimum Gasteiger partial charge on any atom is -0.487 e. The standard InChI is InChI=1S/C20H22N6O4/c1-13-3-2-4-15-14(13)5-6-20(29-15)7-9-25(10-8-20)17-11-16(30-23-17)19-21-24-26(22-19)12-18(27)28/h2-4,11H,5-10,12H2,1H3,(H,27,28). The van der Waals surface area contributed by atoms with Crippen molar-refractivity contribution in [3.8, 4) is 17.3 Å². The summed E-state index contributed by atoms with van der Waals surface area (Å²) in [6.07, 6.45) is 3.90. The molecule has 4 heterocycles. The summed E-state index contributed by atoms with van der Waals surface area (Å²) < 4.78 is 11.9. The molecule has 0 bridgehead atoms. The third-order valence-electron chi connectivity index (χ3n) is 5.97. The molecule has 0 radical (unpaired) electrons. The maximum atomic E-state index is 10.8. The molecular formula is C20H22N6O4. The summed E-state index contributed by atoms with van der Waals surface area (Å²) >= 11 is 0. The van der Waals surface area contributed by atoms with Gasteiger partial charge in [-0.2, -0.15) is 4.80 Å². The Kier molecular flexibility index (Phi) is 4.41. The number of benzene rings is 1. The number of tetrazole rings is 1. The molecule has 1 saturated heterocycles. The lowest BCUT2D eigenvalue weighted by molar-refractivity contribution is -0.138. The lowest BCUT2D eigenvalue weighted by Gasteiger charge is -2.44. The molecule has 0 atom stereocenters. The maximum absolute atomic E-state index is 10.8. The predicted molar refractivity (Wildman–Crippen MR) is 105 cm³/mol. The van der Waals surface area contributed by atoms with E-state index < -0.39 is 5.97 Å². The first-order valence-electron chi connectivity index (χ1n) is 10.0. The molecule has 156 valence electrons. The summed E-state index contributed by atoms with van der Waals surface area (Å²) in [5.74, 6) is 1.27. The minimum absolute atomic E-state index is 0.120. The molecule has 1 N–H and O–H groups in total. The molecule has 30 heavy (non-hydrogen) atoms. The zero-order chi connectivity index (χ0) is 20.7. The maximum Gasteiger partial charge on any atom is 0.327 e. The smallest absolute Gasteiger partial charge is 0.327 e. The van der Waals surface area contributed by atoms with Crippen molar-refractivity contribution in [2.45, 2.75) is 44.8 Å². The van der Waals surface area contributed by atoms with E-state index in [9.17, 15) is 4.79 Å². The SMILES string of the molecule is Cc1cccc2c1CCC1(CCN(c3cc(-c4nnn(CC(=O)O)n4)on3)CC1)O2. The van der Waals surface area contributed by atoms with Crippen LogP contribution in [0.2, 0.25) is 0 Å². The fraction of sp³-hybridized carbons (Fsp3) is 0.450. The molecule has 0 unspecified atom stereocenters. The number of hydrogen-bond donors (Lipinski definition) is 1. The van der Waals surface area contributed by atoms with Crippen molar-refractivity contribution < 1.29 is 19.2 Å². The summed E-state index contributed by atoms with van der Waals surface area (Å²) in [5, 5.41) is 24.5. The molecule has 3 aromatic rings. The van der Waals surface area contributed by atoms with Crippen molar-refractivity contribution in [1.82, 2.24) is 25.4 Å². The van der Waals surface area contributed by atoms with E-state index in [1.54, 1.807) is 6.07 Å². The number of fused-ring (bicyclic) bond motifs is 1. The monoisotopic (exact) mass is 410 g/mol. The predicted octanol–water partition coefficient (Wildman–Crippen LogP) is 2.09. The Morgan fingerprint density at radius 1 is 1.27 bits per heavy atom. The summed E-state index contributed by atoms with van der Waals surface area (Å²) in [4.78, 5) is 13.9. The number of aliphatic carboxylic acids is 1. The number of piperidine rings is 1. The highest BCUT2D eigenvalue weighted by Crippen LogP contribution is 2.41. The zero-order valence-electron chi connectivity index (χ0n) is 16.6. The van der Waals surface area contributed by atoms with E-state index in [-0.39, 0.29) is 18.0 Å². The third-order valence-corrected chi connectivity index (χ3v) is 5.97. The topological polar surface area (TPSA) is 119 Å². The van der Waals surface area contributed by atoms with Gasteiger partial charge in [-0.3, -0.25) is 4.79 Å². The van der Waals surface area contributed by atoms with Gasteiger partial charge >= 0.3 is 5.97 Å². The van der Waals surface area contributed by atoms with E-state index in [0.717, 1.165) is 49.3 Å². The molecule has 10 heteroatoms. The van der Waals surface area contributed by atoms with Crippen LogP contribution in [-0.2, 0) is 17.8 Å². The van der Waals surface area contributed by atoms with Gasteiger partial charge in [-0.15, -0.1) is 10.2 Å². The number of hydrogen-bond acceptors (Lipinski definition) is 8. The molecule has 0 aliphatic carbocycles. The van der Waals surface area contributed by atoms with Gasteiger partial charge in [0.25, 0.3) is 0 Å². The van der Waals surface area contributed by atoms with Crippen molar-refractivity contribution in [2.75, 3.05) is 18.0 Å². The van der Waals surface area contributed by atoms with Crippen LogP contribution in [0, 0.1) is 6.92 Å². The number of ether oxygens (including phenoxy) is 1. The van der Waals surface area contributed by atoms with Crippen LogP contribution in [-0.4, -0.2) is 55.1 Å². The molecule has 1 spiro atoms. The second kappa shape index (κ2) is 7.12. The summed E-state index contributed by atoms with van der Waals surface area (Å²) in [6, 6.07) is 8.03. The highest BCUT2D eigenvalue weighted by molar-refractivity contribution is 5.66. The normalized spacial score (nSPS) is 17.6. The van der Waals surface area contributed by atoms with Gasteiger partial charge < -0.3 is 19.3 Å². The fourth-order valence-corrected chi connectivity index (χ4v) is 4.27. The van der Waals surface area contributed by atoms with Crippen LogP contribution in [0.3, 0.4) is 0 Å². The van der Waals surface area contributed by atoms with Crippen LogP contribution in [0.25, 0.3) is 11.6 Å². The Hall–Kier alpha value is -3.43. The Morgan fingerprint density at radius 3 is 2.90 bits per heavy atom. The van der Waals surface area contributed by atoms with Crippen LogP contribution in [0.15, 0.2) is 28.8 Å². The molecule has 0 saturated carbocycles. The van der Waals surface area contributed by atoms with Crippen molar-refractivity contribution >= 4 is 11.8 Å². The van der Waals surface area contributed by atoms with E-state index in [2.05, 4.69) is 50.6 Å². The van der Waals surface area contributed by atoms with Crippen molar-refractivity contribution in [3.63, 3.8) is 0 Å². The molecular weight excluding hydrogens is 388 g/mol. The van der Waals surface area contributed by atoms with Gasteiger partial charge in [0.15, 0.2) is 12.4 Å². The average Bonchev–Trinajstić information content (AvgIpc) is 3.38. The first-order chi connectivity index (χ1) is 14.5.